The summed E-state index contributed by atoms with van der Waals surface area (Å²) in [5.74, 6) is 0. The Bertz CT molecular complexity index is 2760. The molecule has 1 heterocycles. The maximum Gasteiger partial charge on any atom is 0.0439 e. The van der Waals surface area contributed by atoms with E-state index >= 15 is 0 Å². The molecule has 0 amide bonds. The number of thiophene rings is 1. The molecule has 48 heavy (non-hydrogen) atoms. The van der Waals surface area contributed by atoms with E-state index in [0.717, 1.165) is 0 Å². The smallest absolute Gasteiger partial charge is 0.0439 e. The van der Waals surface area contributed by atoms with Crippen LogP contribution in [0.15, 0.2) is 133 Å². The molecule has 0 atom stereocenters. The Morgan fingerprint density at radius 1 is 0.479 bits per heavy atom. The Morgan fingerprint density at radius 2 is 1.12 bits per heavy atom. The Hall–Kier alpha value is -5.24. The lowest BCUT2D eigenvalue weighted by molar-refractivity contribution is 0.660. The van der Waals surface area contributed by atoms with Crippen LogP contribution in [0.2, 0.25) is 0 Å². The summed E-state index contributed by atoms with van der Waals surface area (Å²) in [4.78, 5) is 0. The summed E-state index contributed by atoms with van der Waals surface area (Å²) in [6, 6.07) is 50.3. The number of aryl methyl sites for hydroxylation is 2. The molecule has 0 nitrogen and oxygen atoms in total. The zero-order valence-electron chi connectivity index (χ0n) is 27.6. The van der Waals surface area contributed by atoms with Crippen LogP contribution in [-0.4, -0.2) is 0 Å². The van der Waals surface area contributed by atoms with E-state index in [1.54, 1.807) is 0 Å². The van der Waals surface area contributed by atoms with Crippen molar-refractivity contribution in [2.45, 2.75) is 33.1 Å². The molecular weight excluding hydrogens is 597 g/mol. The van der Waals surface area contributed by atoms with E-state index in [1.165, 1.54) is 108 Å². The van der Waals surface area contributed by atoms with Crippen LogP contribution < -0.4 is 0 Å². The van der Waals surface area contributed by atoms with E-state index in [2.05, 4.69) is 161 Å². The summed E-state index contributed by atoms with van der Waals surface area (Å²) in [6.07, 6.45) is 0. The largest absolute Gasteiger partial charge is 0.135 e. The van der Waals surface area contributed by atoms with Gasteiger partial charge in [0, 0.05) is 31.2 Å². The fourth-order valence-corrected chi connectivity index (χ4v) is 10.2. The highest BCUT2D eigenvalue weighted by atomic mass is 32.1. The first-order chi connectivity index (χ1) is 23.4. The number of rotatable bonds is 2. The Labute approximate surface area is 284 Å². The Kier molecular flexibility index (Phi) is 5.73. The fraction of sp³-hybridized carbons (Fsp3) is 0.106. The molecule has 0 N–H and O–H groups in total. The molecule has 0 saturated heterocycles. The molecule has 0 bridgehead atoms. The van der Waals surface area contributed by atoms with E-state index < -0.39 is 0 Å². The average Bonchev–Trinajstić information content (AvgIpc) is 3.59. The number of hydrogen-bond donors (Lipinski definition) is 0. The minimum Gasteiger partial charge on any atom is -0.135 e. The first kappa shape index (κ1) is 27.8. The van der Waals surface area contributed by atoms with E-state index in [1.807, 2.05) is 11.3 Å². The highest BCUT2D eigenvalue weighted by Crippen LogP contribution is 2.56. The average molecular weight is 631 g/mol. The highest BCUT2D eigenvalue weighted by molar-refractivity contribution is 7.26. The quantitative estimate of drug-likeness (QED) is 0.167. The van der Waals surface area contributed by atoms with Crippen LogP contribution >= 0.6 is 11.3 Å². The summed E-state index contributed by atoms with van der Waals surface area (Å²) in [5, 5.41) is 10.5. The zero-order valence-corrected chi connectivity index (χ0v) is 28.4. The molecular formula is C47H34S. The fourth-order valence-electron chi connectivity index (χ4n) is 8.77. The summed E-state index contributed by atoms with van der Waals surface area (Å²) >= 11 is 1.96. The van der Waals surface area contributed by atoms with Gasteiger partial charge in [-0.3, -0.25) is 0 Å². The lowest BCUT2D eigenvalue weighted by Gasteiger charge is -2.23. The van der Waals surface area contributed by atoms with Gasteiger partial charge in [0.2, 0.25) is 0 Å². The van der Waals surface area contributed by atoms with Crippen molar-refractivity contribution < 1.29 is 0 Å². The van der Waals surface area contributed by atoms with Crippen LogP contribution in [-0.2, 0) is 5.41 Å². The predicted octanol–water partition coefficient (Wildman–Crippen LogP) is 13.8. The maximum absolute atomic E-state index is 2.51. The van der Waals surface area contributed by atoms with Crippen molar-refractivity contribution in [2.75, 3.05) is 0 Å². The van der Waals surface area contributed by atoms with E-state index in [0.29, 0.717) is 0 Å². The van der Waals surface area contributed by atoms with Gasteiger partial charge in [-0.25, -0.2) is 0 Å². The molecule has 9 aromatic rings. The summed E-state index contributed by atoms with van der Waals surface area (Å²) < 4.78 is 2.81. The monoisotopic (exact) mass is 630 g/mol. The minimum absolute atomic E-state index is 0.111. The van der Waals surface area contributed by atoms with Crippen molar-refractivity contribution in [1.82, 2.24) is 0 Å². The zero-order chi connectivity index (χ0) is 32.3. The molecule has 10 rings (SSSR count). The SMILES string of the molecule is Cc1ccc2c(c1)sc1c3c(cc(C)c12)C(C)(C)c1cc(-c2c4ccccc4c(-c4cccc5ccccc45)c4ccccc24)ccc1-3. The first-order valence-electron chi connectivity index (χ1n) is 16.9. The van der Waals surface area contributed by atoms with Crippen LogP contribution in [0.5, 0.6) is 0 Å². The van der Waals surface area contributed by atoms with Crippen LogP contribution in [0.3, 0.4) is 0 Å². The Balaban J connectivity index is 1.26. The van der Waals surface area contributed by atoms with Crippen LogP contribution in [0.1, 0.15) is 36.1 Å². The number of benzene rings is 8. The van der Waals surface area contributed by atoms with Crippen molar-refractivity contribution in [3.63, 3.8) is 0 Å². The van der Waals surface area contributed by atoms with Gasteiger partial charge in [0.15, 0.2) is 0 Å². The molecule has 1 aliphatic rings. The number of hydrogen-bond acceptors (Lipinski definition) is 1. The van der Waals surface area contributed by atoms with Crippen LogP contribution in [0.4, 0.5) is 0 Å². The van der Waals surface area contributed by atoms with Crippen molar-refractivity contribution >= 4 is 63.8 Å². The van der Waals surface area contributed by atoms with Gasteiger partial charge in [-0.15, -0.1) is 11.3 Å². The van der Waals surface area contributed by atoms with E-state index in [-0.39, 0.29) is 5.41 Å². The third-order valence-corrected chi connectivity index (χ3v) is 12.2. The lowest BCUT2D eigenvalue weighted by atomic mass is 9.80. The van der Waals surface area contributed by atoms with Gasteiger partial charge in [-0.05, 0) is 108 Å². The predicted molar refractivity (Wildman–Crippen MR) is 210 cm³/mol. The lowest BCUT2D eigenvalue weighted by Crippen LogP contribution is -2.15. The van der Waals surface area contributed by atoms with Crippen molar-refractivity contribution in [3.8, 4) is 33.4 Å². The number of fused-ring (bicyclic) bond motifs is 10. The van der Waals surface area contributed by atoms with E-state index in [4.69, 9.17) is 0 Å². The molecule has 0 radical (unpaired) electrons. The molecule has 0 unspecified atom stereocenters. The summed E-state index contributed by atoms with van der Waals surface area (Å²) in [5.41, 5.74) is 13.5. The summed E-state index contributed by atoms with van der Waals surface area (Å²) in [7, 11) is 0. The highest BCUT2D eigenvalue weighted by Gasteiger charge is 2.38. The van der Waals surface area contributed by atoms with Gasteiger partial charge in [-0.1, -0.05) is 135 Å². The van der Waals surface area contributed by atoms with Gasteiger partial charge >= 0.3 is 0 Å². The molecule has 228 valence electrons. The Morgan fingerprint density at radius 3 is 1.85 bits per heavy atom. The van der Waals surface area contributed by atoms with E-state index in [9.17, 15) is 0 Å². The minimum atomic E-state index is -0.111. The van der Waals surface area contributed by atoms with Gasteiger partial charge in [0.25, 0.3) is 0 Å². The van der Waals surface area contributed by atoms with Gasteiger partial charge in [-0.2, -0.15) is 0 Å². The second kappa shape index (κ2) is 9.89. The molecule has 1 heteroatoms. The van der Waals surface area contributed by atoms with Crippen molar-refractivity contribution in [1.29, 1.82) is 0 Å². The van der Waals surface area contributed by atoms with Gasteiger partial charge in [0.05, 0.1) is 0 Å². The van der Waals surface area contributed by atoms with Crippen LogP contribution in [0, 0.1) is 13.8 Å². The first-order valence-corrected chi connectivity index (χ1v) is 17.8. The molecule has 1 aromatic heterocycles. The molecule has 0 aliphatic heterocycles. The third-order valence-electron chi connectivity index (χ3n) is 11.0. The van der Waals surface area contributed by atoms with Gasteiger partial charge < -0.3 is 0 Å². The van der Waals surface area contributed by atoms with Crippen molar-refractivity contribution in [2.24, 2.45) is 0 Å². The van der Waals surface area contributed by atoms with Crippen molar-refractivity contribution in [3.05, 3.63) is 156 Å². The van der Waals surface area contributed by atoms with Gasteiger partial charge in [0.1, 0.15) is 0 Å². The third kappa shape index (κ3) is 3.71. The standard InChI is InChI=1S/C47H34S/c1-27-20-22-38-41(24-27)48-46-42(38)28(2)25-40-45(46)37-23-21-30(26-39(37)47(40,3)4)43-33-15-7-9-17-35(33)44(36-18-10-8-16-34(36)43)32-19-11-13-29-12-5-6-14-31(29)32/h5-26H,1-4H3. The second-order valence-corrected chi connectivity index (χ2v) is 15.2. The maximum atomic E-state index is 2.51. The normalized spacial score (nSPS) is 13.6. The molecule has 0 spiro atoms. The molecule has 1 aliphatic carbocycles. The molecule has 0 saturated carbocycles. The molecule has 8 aromatic carbocycles. The summed E-state index contributed by atoms with van der Waals surface area (Å²) in [6.45, 7) is 9.34. The topological polar surface area (TPSA) is 0 Å². The molecule has 0 fully saturated rings. The second-order valence-electron chi connectivity index (χ2n) is 14.2. The van der Waals surface area contributed by atoms with Crippen LogP contribution in [0.25, 0.3) is 85.9 Å².